The van der Waals surface area contributed by atoms with Crippen LogP contribution in [0, 0.1) is 0 Å². The third-order valence-corrected chi connectivity index (χ3v) is 3.47. The minimum atomic E-state index is -0.0867. The van der Waals surface area contributed by atoms with E-state index in [2.05, 4.69) is 24.1 Å². The normalized spacial score (nSPS) is 39.9. The van der Waals surface area contributed by atoms with E-state index in [4.69, 9.17) is 0 Å². The first-order valence-corrected chi connectivity index (χ1v) is 5.27. The first-order valence-electron chi connectivity index (χ1n) is 5.27. The molecule has 2 aliphatic heterocycles. The molecular weight excluding hydrogens is 164 g/mol. The molecule has 2 atom stereocenters. The van der Waals surface area contributed by atoms with Crippen molar-refractivity contribution >= 4 is 0 Å². The molecule has 0 amide bonds. The van der Waals surface area contributed by atoms with Crippen molar-refractivity contribution in [2.24, 2.45) is 0 Å². The summed E-state index contributed by atoms with van der Waals surface area (Å²) >= 11 is 0. The molecule has 2 heterocycles. The lowest BCUT2D eigenvalue weighted by Crippen LogP contribution is -2.50. The highest BCUT2D eigenvalue weighted by Crippen LogP contribution is 2.27. The van der Waals surface area contributed by atoms with Gasteiger partial charge in [0, 0.05) is 24.7 Å². The highest BCUT2D eigenvalue weighted by Gasteiger charge is 2.40. The zero-order valence-electron chi connectivity index (χ0n) is 8.58. The van der Waals surface area contributed by atoms with Gasteiger partial charge < -0.3 is 10.4 Å². The molecule has 2 fully saturated rings. The fourth-order valence-electron chi connectivity index (χ4n) is 2.70. The van der Waals surface area contributed by atoms with Crippen molar-refractivity contribution in [2.45, 2.75) is 44.4 Å². The smallest absolute Gasteiger partial charge is 0.0679 e. The lowest BCUT2D eigenvalue weighted by Gasteiger charge is -2.34. The second kappa shape index (κ2) is 3.23. The Hall–Kier alpha value is -0.120. The van der Waals surface area contributed by atoms with Gasteiger partial charge in [-0.15, -0.1) is 0 Å². The number of nitrogens with one attached hydrogen (secondary N) is 1. The molecule has 3 nitrogen and oxygen atoms in total. The summed E-state index contributed by atoms with van der Waals surface area (Å²) in [7, 11) is 0. The van der Waals surface area contributed by atoms with Gasteiger partial charge >= 0.3 is 0 Å². The number of aliphatic hydroxyl groups is 1. The minimum absolute atomic E-state index is 0.0867. The van der Waals surface area contributed by atoms with Crippen LogP contribution in [0.2, 0.25) is 0 Å². The molecule has 2 saturated heterocycles. The molecule has 0 aromatic heterocycles. The summed E-state index contributed by atoms with van der Waals surface area (Å²) in [5.74, 6) is 0. The van der Waals surface area contributed by atoms with Crippen LogP contribution in [0.4, 0.5) is 0 Å². The number of hydrogen-bond donors (Lipinski definition) is 2. The Morgan fingerprint density at radius 1 is 1.38 bits per heavy atom. The van der Waals surface area contributed by atoms with Crippen molar-refractivity contribution < 1.29 is 5.11 Å². The van der Waals surface area contributed by atoms with Gasteiger partial charge in [-0.2, -0.15) is 0 Å². The monoisotopic (exact) mass is 184 g/mol. The van der Waals surface area contributed by atoms with E-state index in [1.165, 1.54) is 6.42 Å². The Morgan fingerprint density at radius 3 is 2.62 bits per heavy atom. The topological polar surface area (TPSA) is 35.5 Å². The number of β-amino-alcohol motifs (C(OH)–C–C–N with tert-alkyl or cyclic N) is 1. The molecular formula is C10H20N2O. The molecule has 0 spiro atoms. The maximum absolute atomic E-state index is 9.47. The number of aliphatic hydroxyl groups excluding tert-OH is 1. The number of likely N-dealkylation sites (tertiary alicyclic amines) is 1. The van der Waals surface area contributed by atoms with E-state index in [0.717, 1.165) is 26.1 Å². The maximum atomic E-state index is 9.47. The summed E-state index contributed by atoms with van der Waals surface area (Å²) in [4.78, 5) is 2.44. The van der Waals surface area contributed by atoms with Crippen LogP contribution in [0.15, 0.2) is 0 Å². The summed E-state index contributed by atoms with van der Waals surface area (Å²) in [6.07, 6.45) is 2.09. The molecule has 2 rings (SSSR count). The molecule has 2 aliphatic rings. The van der Waals surface area contributed by atoms with Gasteiger partial charge in [0.05, 0.1) is 6.10 Å². The molecule has 13 heavy (non-hydrogen) atoms. The third kappa shape index (κ3) is 1.73. The lowest BCUT2D eigenvalue weighted by atomic mass is 9.96. The number of hydrogen-bond acceptors (Lipinski definition) is 3. The Kier molecular flexibility index (Phi) is 2.34. The predicted octanol–water partition coefficient (Wildman–Crippen LogP) is 0.193. The van der Waals surface area contributed by atoms with Crippen LogP contribution in [0.1, 0.15) is 26.7 Å². The summed E-state index contributed by atoms with van der Waals surface area (Å²) in [6.45, 7) is 7.57. The van der Waals surface area contributed by atoms with E-state index >= 15 is 0 Å². The van der Waals surface area contributed by atoms with Crippen molar-refractivity contribution in [2.75, 3.05) is 19.6 Å². The Bertz CT molecular complexity index is 193. The first-order chi connectivity index (χ1) is 6.09. The molecule has 3 heteroatoms. The van der Waals surface area contributed by atoms with Crippen LogP contribution in [0.5, 0.6) is 0 Å². The van der Waals surface area contributed by atoms with E-state index in [1.807, 2.05) is 0 Å². The summed E-state index contributed by atoms with van der Waals surface area (Å²) in [6, 6.07) is 0.615. The Morgan fingerprint density at radius 2 is 2.15 bits per heavy atom. The third-order valence-electron chi connectivity index (χ3n) is 3.47. The van der Waals surface area contributed by atoms with Gasteiger partial charge in [-0.25, -0.2) is 0 Å². The quantitative estimate of drug-likeness (QED) is 0.611. The van der Waals surface area contributed by atoms with Gasteiger partial charge in [-0.1, -0.05) is 0 Å². The van der Waals surface area contributed by atoms with Crippen LogP contribution < -0.4 is 5.32 Å². The van der Waals surface area contributed by atoms with Gasteiger partial charge in [-0.05, 0) is 33.2 Å². The highest BCUT2D eigenvalue weighted by atomic mass is 16.3. The van der Waals surface area contributed by atoms with E-state index in [0.29, 0.717) is 6.04 Å². The van der Waals surface area contributed by atoms with Crippen LogP contribution >= 0.6 is 0 Å². The van der Waals surface area contributed by atoms with Gasteiger partial charge in [0.1, 0.15) is 0 Å². The van der Waals surface area contributed by atoms with Crippen molar-refractivity contribution in [3.8, 4) is 0 Å². The zero-order chi connectivity index (χ0) is 9.47. The lowest BCUT2D eigenvalue weighted by molar-refractivity contribution is 0.137. The predicted molar refractivity (Wildman–Crippen MR) is 52.7 cm³/mol. The second-order valence-corrected chi connectivity index (χ2v) is 4.89. The van der Waals surface area contributed by atoms with Crippen molar-refractivity contribution in [3.63, 3.8) is 0 Å². The van der Waals surface area contributed by atoms with Crippen LogP contribution in [0.25, 0.3) is 0 Å². The summed E-state index contributed by atoms with van der Waals surface area (Å²) < 4.78 is 0. The fourth-order valence-corrected chi connectivity index (χ4v) is 2.70. The Balaban J connectivity index is 2.00. The maximum Gasteiger partial charge on any atom is 0.0679 e. The van der Waals surface area contributed by atoms with E-state index in [-0.39, 0.29) is 11.6 Å². The molecule has 0 radical (unpaired) electrons. The van der Waals surface area contributed by atoms with Crippen molar-refractivity contribution in [1.82, 2.24) is 10.2 Å². The molecule has 0 aromatic carbocycles. The SMILES string of the molecule is CC1(C)NCC[C@@H]1N1CC[C@H](O)C1. The highest BCUT2D eigenvalue weighted by molar-refractivity contribution is 5.00. The average molecular weight is 184 g/mol. The molecule has 0 aromatic rings. The van der Waals surface area contributed by atoms with Crippen molar-refractivity contribution in [3.05, 3.63) is 0 Å². The summed E-state index contributed by atoms with van der Waals surface area (Å²) in [5.41, 5.74) is 0.226. The Labute approximate surface area is 80.1 Å². The zero-order valence-corrected chi connectivity index (χ0v) is 8.58. The average Bonchev–Trinajstić information content (AvgIpc) is 2.56. The van der Waals surface area contributed by atoms with Crippen LogP contribution in [-0.2, 0) is 0 Å². The molecule has 76 valence electrons. The molecule has 0 unspecified atom stereocenters. The first kappa shape index (κ1) is 9.44. The van der Waals surface area contributed by atoms with Gasteiger partial charge in [0.2, 0.25) is 0 Å². The van der Waals surface area contributed by atoms with E-state index in [1.54, 1.807) is 0 Å². The largest absolute Gasteiger partial charge is 0.392 e. The number of nitrogens with zero attached hydrogens (tertiary/aromatic N) is 1. The summed E-state index contributed by atoms with van der Waals surface area (Å²) in [5, 5.41) is 13.0. The molecule has 0 aliphatic carbocycles. The minimum Gasteiger partial charge on any atom is -0.392 e. The second-order valence-electron chi connectivity index (χ2n) is 4.89. The van der Waals surface area contributed by atoms with Crippen LogP contribution in [0.3, 0.4) is 0 Å². The van der Waals surface area contributed by atoms with Gasteiger partial charge in [0.25, 0.3) is 0 Å². The van der Waals surface area contributed by atoms with Gasteiger partial charge in [0.15, 0.2) is 0 Å². The standard InChI is InChI=1S/C10H20N2O/c1-10(2)9(3-5-11-10)12-6-4-8(13)7-12/h8-9,11,13H,3-7H2,1-2H3/t8-,9-/m0/s1. The fraction of sp³-hybridized carbons (Fsp3) is 1.00. The van der Waals surface area contributed by atoms with E-state index in [9.17, 15) is 5.11 Å². The van der Waals surface area contributed by atoms with Crippen molar-refractivity contribution in [1.29, 1.82) is 0 Å². The molecule has 2 N–H and O–H groups in total. The van der Waals surface area contributed by atoms with Crippen LogP contribution in [-0.4, -0.2) is 47.3 Å². The molecule has 0 saturated carbocycles. The van der Waals surface area contributed by atoms with E-state index < -0.39 is 0 Å². The number of rotatable bonds is 1. The van der Waals surface area contributed by atoms with Gasteiger partial charge in [-0.3, -0.25) is 4.90 Å². The molecule has 0 bridgehead atoms.